The average Bonchev–Trinajstić information content (AvgIpc) is 2.59. The Morgan fingerprint density at radius 1 is 0.833 bits per heavy atom. The Kier molecular flexibility index (Phi) is 11.8. The summed E-state index contributed by atoms with van der Waals surface area (Å²) in [6.07, 6.45) is 3.43. The van der Waals surface area contributed by atoms with Crippen LogP contribution in [-0.4, -0.2) is 62.4 Å². The van der Waals surface area contributed by atoms with Crippen molar-refractivity contribution in [3.8, 4) is 0 Å². The van der Waals surface area contributed by atoms with Crippen molar-refractivity contribution in [1.29, 1.82) is 0 Å². The number of nitrogens with zero attached hydrogens (tertiary/aromatic N) is 2. The number of carbonyl (C=O) groups excluding carboxylic acids is 2. The summed E-state index contributed by atoms with van der Waals surface area (Å²) in [6, 6.07) is 0. The Balaban J connectivity index is 4.52. The lowest BCUT2D eigenvalue weighted by Gasteiger charge is -2.32. The van der Waals surface area contributed by atoms with Crippen molar-refractivity contribution in [2.75, 3.05) is 0 Å². The summed E-state index contributed by atoms with van der Waals surface area (Å²) in [4.78, 5) is 24.5. The van der Waals surface area contributed by atoms with E-state index >= 15 is 0 Å². The van der Waals surface area contributed by atoms with Crippen LogP contribution in [0.5, 0.6) is 0 Å². The van der Waals surface area contributed by atoms with Crippen molar-refractivity contribution >= 4 is 12.8 Å². The van der Waals surface area contributed by atoms with Crippen LogP contribution < -0.4 is 0 Å². The first-order chi connectivity index (χ1) is 11.4. The molecular formula is C17H30N2O5. The smallest absolute Gasteiger partial charge is 0.215 e. The van der Waals surface area contributed by atoms with Crippen LogP contribution in [0.25, 0.3) is 0 Å². The Morgan fingerprint density at radius 3 is 1.62 bits per heavy atom. The summed E-state index contributed by atoms with van der Waals surface area (Å²) >= 11 is 0. The Morgan fingerprint density at radius 2 is 1.25 bits per heavy atom. The third-order valence-electron chi connectivity index (χ3n) is 3.97. The molecule has 7 heteroatoms. The number of carbonyl (C=O) groups is 2. The molecule has 0 saturated heterocycles. The minimum atomic E-state index is -0.814. The van der Waals surface area contributed by atoms with Crippen LogP contribution in [0.15, 0.2) is 25.6 Å². The zero-order valence-electron chi connectivity index (χ0n) is 14.3. The van der Waals surface area contributed by atoms with Gasteiger partial charge < -0.3 is 25.1 Å². The summed E-state index contributed by atoms with van der Waals surface area (Å²) in [6.45, 7) is 8.89. The molecule has 0 heterocycles. The normalized spacial score (nSPS) is 14.5. The number of hydrogen-bond donors (Lipinski definition) is 3. The van der Waals surface area contributed by atoms with Crippen molar-refractivity contribution < 1.29 is 24.9 Å². The third kappa shape index (κ3) is 8.24. The fourth-order valence-corrected chi connectivity index (χ4v) is 2.35. The summed E-state index contributed by atoms with van der Waals surface area (Å²) in [7, 11) is 0. The molecule has 2 amide bonds. The SMILES string of the molecule is C=CN(C=O)C(CC(O)CCC(O)CCC(O)CC)N(C=C)C=O. The van der Waals surface area contributed by atoms with E-state index < -0.39 is 24.5 Å². The van der Waals surface area contributed by atoms with Gasteiger partial charge in [0.2, 0.25) is 12.8 Å². The van der Waals surface area contributed by atoms with Gasteiger partial charge in [0, 0.05) is 18.8 Å². The molecule has 3 atom stereocenters. The molecule has 0 aliphatic carbocycles. The zero-order valence-corrected chi connectivity index (χ0v) is 14.3. The van der Waals surface area contributed by atoms with E-state index in [1.165, 1.54) is 22.2 Å². The molecule has 0 radical (unpaired) electrons. The van der Waals surface area contributed by atoms with E-state index in [4.69, 9.17) is 0 Å². The fourth-order valence-electron chi connectivity index (χ4n) is 2.35. The highest BCUT2D eigenvalue weighted by molar-refractivity contribution is 5.54. The topological polar surface area (TPSA) is 101 Å². The van der Waals surface area contributed by atoms with Crippen molar-refractivity contribution in [3.05, 3.63) is 25.6 Å². The van der Waals surface area contributed by atoms with Crippen LogP contribution in [0.4, 0.5) is 0 Å². The molecular weight excluding hydrogens is 312 g/mol. The van der Waals surface area contributed by atoms with Crippen LogP contribution in [0.1, 0.15) is 45.4 Å². The summed E-state index contributed by atoms with van der Waals surface area (Å²) < 4.78 is 0. The van der Waals surface area contributed by atoms with E-state index in [2.05, 4.69) is 13.2 Å². The minimum absolute atomic E-state index is 0.111. The second-order valence-corrected chi connectivity index (χ2v) is 5.71. The maximum atomic E-state index is 11.1. The molecule has 0 saturated carbocycles. The van der Waals surface area contributed by atoms with E-state index in [0.717, 1.165) is 0 Å². The molecule has 3 N–H and O–H groups in total. The van der Waals surface area contributed by atoms with E-state index in [-0.39, 0.29) is 6.42 Å². The first kappa shape index (κ1) is 22.3. The summed E-state index contributed by atoms with van der Waals surface area (Å²) in [5.74, 6) is 0. The lowest BCUT2D eigenvalue weighted by Crippen LogP contribution is -2.44. The number of aliphatic hydroxyl groups excluding tert-OH is 3. The third-order valence-corrected chi connectivity index (χ3v) is 3.97. The Labute approximate surface area is 143 Å². The number of rotatable bonds is 15. The predicted molar refractivity (Wildman–Crippen MR) is 91.4 cm³/mol. The van der Waals surface area contributed by atoms with Gasteiger partial charge in [-0.1, -0.05) is 20.1 Å². The highest BCUT2D eigenvalue weighted by Crippen LogP contribution is 2.16. The van der Waals surface area contributed by atoms with Gasteiger partial charge in [-0.2, -0.15) is 0 Å². The molecule has 0 spiro atoms. The van der Waals surface area contributed by atoms with Crippen LogP contribution in [0.3, 0.4) is 0 Å². The molecule has 0 aromatic carbocycles. The van der Waals surface area contributed by atoms with Crippen LogP contribution in [0, 0.1) is 0 Å². The highest BCUT2D eigenvalue weighted by Gasteiger charge is 2.24. The largest absolute Gasteiger partial charge is 0.393 e. The average molecular weight is 342 g/mol. The van der Waals surface area contributed by atoms with Crippen molar-refractivity contribution in [3.63, 3.8) is 0 Å². The lowest BCUT2D eigenvalue weighted by atomic mass is 10.0. The molecule has 0 rings (SSSR count). The van der Waals surface area contributed by atoms with Crippen molar-refractivity contribution in [2.45, 2.75) is 69.9 Å². The first-order valence-electron chi connectivity index (χ1n) is 8.18. The van der Waals surface area contributed by atoms with Gasteiger partial charge in [0.05, 0.1) is 18.3 Å². The predicted octanol–water partition coefficient (Wildman–Crippen LogP) is 0.959. The molecule has 0 bridgehead atoms. The summed E-state index contributed by atoms with van der Waals surface area (Å²) in [5, 5.41) is 29.5. The maximum absolute atomic E-state index is 11.1. The van der Waals surface area contributed by atoms with E-state index in [0.29, 0.717) is 44.9 Å². The molecule has 0 fully saturated rings. The van der Waals surface area contributed by atoms with Gasteiger partial charge in [-0.3, -0.25) is 9.59 Å². The monoisotopic (exact) mass is 342 g/mol. The van der Waals surface area contributed by atoms with E-state index in [9.17, 15) is 24.9 Å². The first-order valence-corrected chi connectivity index (χ1v) is 8.18. The van der Waals surface area contributed by atoms with Gasteiger partial charge in [-0.15, -0.1) is 0 Å². The molecule has 3 unspecified atom stereocenters. The Bertz CT molecular complexity index is 355. The highest BCUT2D eigenvalue weighted by atomic mass is 16.3. The van der Waals surface area contributed by atoms with E-state index in [1.54, 1.807) is 0 Å². The molecule has 0 aliphatic heterocycles. The molecule has 7 nitrogen and oxygen atoms in total. The molecule has 0 aliphatic rings. The van der Waals surface area contributed by atoms with E-state index in [1.807, 2.05) is 6.92 Å². The van der Waals surface area contributed by atoms with Crippen LogP contribution >= 0.6 is 0 Å². The second kappa shape index (κ2) is 12.7. The van der Waals surface area contributed by atoms with Crippen molar-refractivity contribution in [1.82, 2.24) is 9.80 Å². The van der Waals surface area contributed by atoms with Crippen LogP contribution in [-0.2, 0) is 9.59 Å². The minimum Gasteiger partial charge on any atom is -0.393 e. The fraction of sp³-hybridized carbons (Fsp3) is 0.647. The van der Waals surface area contributed by atoms with Crippen molar-refractivity contribution in [2.24, 2.45) is 0 Å². The van der Waals surface area contributed by atoms with Gasteiger partial charge in [-0.05, 0) is 32.1 Å². The standard InChI is InChI=1S/C17H30N2O5/c1-4-14(22)7-8-15(23)9-10-16(24)11-17(18(5-2)12-20)19(6-3)13-21/h5-6,12-17,22-24H,2-4,7-11H2,1H3. The lowest BCUT2D eigenvalue weighted by molar-refractivity contribution is -0.126. The number of amides is 2. The molecule has 24 heavy (non-hydrogen) atoms. The van der Waals surface area contributed by atoms with Gasteiger partial charge in [0.1, 0.15) is 6.17 Å². The van der Waals surface area contributed by atoms with Gasteiger partial charge >= 0.3 is 0 Å². The summed E-state index contributed by atoms with van der Waals surface area (Å²) in [5.41, 5.74) is 0. The molecule has 0 aromatic heterocycles. The van der Waals surface area contributed by atoms with Crippen LogP contribution in [0.2, 0.25) is 0 Å². The number of hydrogen-bond acceptors (Lipinski definition) is 5. The second-order valence-electron chi connectivity index (χ2n) is 5.71. The van der Waals surface area contributed by atoms with Gasteiger partial charge in [-0.25, -0.2) is 0 Å². The molecule has 138 valence electrons. The zero-order chi connectivity index (χ0) is 18.5. The Hall–Kier alpha value is -1.70. The quantitative estimate of drug-likeness (QED) is 0.304. The number of aliphatic hydroxyl groups is 3. The van der Waals surface area contributed by atoms with Gasteiger partial charge in [0.15, 0.2) is 0 Å². The maximum Gasteiger partial charge on any atom is 0.215 e. The molecule has 0 aromatic rings. The van der Waals surface area contributed by atoms with Gasteiger partial charge in [0.25, 0.3) is 0 Å².